The van der Waals surface area contributed by atoms with E-state index in [1.165, 1.54) is 55.9 Å². The summed E-state index contributed by atoms with van der Waals surface area (Å²) in [5.74, 6) is -0.687. The molecular formula is C23H34F4OSi. The first-order valence-electron chi connectivity index (χ1n) is 11.4. The Labute approximate surface area is 173 Å². The van der Waals surface area contributed by atoms with Crippen molar-refractivity contribution in [2.75, 3.05) is 6.61 Å². The molecule has 0 unspecified atom stereocenters. The second-order valence-corrected chi connectivity index (χ2v) is 12.5. The molecule has 1 aromatic rings. The number of alkyl halides is 2. The molecule has 1 nitrogen and oxygen atoms in total. The monoisotopic (exact) mass is 430 g/mol. The van der Waals surface area contributed by atoms with Crippen molar-refractivity contribution in [3.05, 3.63) is 29.3 Å². The van der Waals surface area contributed by atoms with Crippen LogP contribution in [0.3, 0.4) is 0 Å². The Hall–Kier alpha value is -1.04. The zero-order chi connectivity index (χ0) is 20.8. The van der Waals surface area contributed by atoms with Crippen molar-refractivity contribution >= 4 is 8.80 Å². The van der Waals surface area contributed by atoms with Crippen LogP contribution in [-0.4, -0.2) is 21.8 Å². The van der Waals surface area contributed by atoms with E-state index < -0.39 is 39.2 Å². The van der Waals surface area contributed by atoms with Gasteiger partial charge in [-0.25, -0.2) is 17.6 Å². The molecule has 1 saturated carbocycles. The van der Waals surface area contributed by atoms with Crippen molar-refractivity contribution in [3.63, 3.8) is 0 Å². The fourth-order valence-electron chi connectivity index (χ4n) is 5.46. The van der Waals surface area contributed by atoms with Crippen LogP contribution in [0.15, 0.2) is 12.1 Å². The highest BCUT2D eigenvalue weighted by atomic mass is 28.3. The number of benzene rings is 1. The van der Waals surface area contributed by atoms with Crippen molar-refractivity contribution in [1.29, 1.82) is 0 Å². The number of hydrogen-bond acceptors (Lipinski definition) is 1. The molecule has 1 heterocycles. The molecule has 0 atom stereocenters. The number of rotatable bonds is 8. The van der Waals surface area contributed by atoms with Crippen molar-refractivity contribution in [2.24, 2.45) is 11.8 Å². The third-order valence-corrected chi connectivity index (χ3v) is 10.7. The Morgan fingerprint density at radius 3 is 2.10 bits per heavy atom. The summed E-state index contributed by atoms with van der Waals surface area (Å²) in [5.41, 5.74) is 0.638. The highest BCUT2D eigenvalue weighted by molar-refractivity contribution is 6.58. The minimum Gasteiger partial charge on any atom is -0.482 e. The van der Waals surface area contributed by atoms with Crippen molar-refractivity contribution in [3.8, 4) is 5.75 Å². The molecule has 2 aliphatic rings. The lowest BCUT2D eigenvalue weighted by atomic mass is 9.72. The van der Waals surface area contributed by atoms with Gasteiger partial charge in [0.05, 0.1) is 0 Å². The van der Waals surface area contributed by atoms with Gasteiger partial charge < -0.3 is 4.74 Å². The van der Waals surface area contributed by atoms with Crippen LogP contribution in [0.5, 0.6) is 5.75 Å². The van der Waals surface area contributed by atoms with E-state index in [4.69, 9.17) is 0 Å². The first kappa shape index (κ1) is 22.6. The van der Waals surface area contributed by atoms with Gasteiger partial charge in [0, 0.05) is 8.80 Å². The van der Waals surface area contributed by atoms with Gasteiger partial charge in [0.15, 0.2) is 17.4 Å². The van der Waals surface area contributed by atoms with Crippen LogP contribution in [0.1, 0.15) is 69.8 Å². The molecule has 164 valence electrons. The fraction of sp³-hybridized carbons (Fsp3) is 0.739. The highest BCUT2D eigenvalue weighted by Gasteiger charge is 2.32. The van der Waals surface area contributed by atoms with Crippen LogP contribution in [0.25, 0.3) is 0 Å². The molecule has 1 saturated heterocycles. The first-order chi connectivity index (χ1) is 14.0. The van der Waals surface area contributed by atoms with Crippen LogP contribution in [0.4, 0.5) is 17.6 Å². The zero-order valence-electron chi connectivity index (χ0n) is 17.4. The average molecular weight is 431 g/mol. The molecule has 0 radical (unpaired) electrons. The Balaban J connectivity index is 1.51. The van der Waals surface area contributed by atoms with Gasteiger partial charge in [-0.3, -0.25) is 0 Å². The summed E-state index contributed by atoms with van der Waals surface area (Å²) in [6.07, 6.45) is 6.93. The molecular weight excluding hydrogens is 396 g/mol. The molecule has 3 rings (SSSR count). The van der Waals surface area contributed by atoms with Gasteiger partial charge in [-0.05, 0) is 61.1 Å². The fourth-order valence-corrected chi connectivity index (χ4v) is 9.12. The van der Waals surface area contributed by atoms with Crippen molar-refractivity contribution in [2.45, 2.75) is 88.8 Å². The molecule has 2 fully saturated rings. The summed E-state index contributed by atoms with van der Waals surface area (Å²) < 4.78 is 57.5. The summed E-state index contributed by atoms with van der Waals surface area (Å²) in [6, 6.07) is 7.07. The molecule has 0 bridgehead atoms. The highest BCUT2D eigenvalue weighted by Crippen LogP contribution is 2.44. The summed E-state index contributed by atoms with van der Waals surface area (Å²) >= 11 is 0. The average Bonchev–Trinajstić information content (AvgIpc) is 2.72. The molecule has 1 aromatic carbocycles. The van der Waals surface area contributed by atoms with Gasteiger partial charge in [0.25, 0.3) is 6.43 Å². The molecule has 0 N–H and O–H groups in total. The van der Waals surface area contributed by atoms with Crippen LogP contribution in [-0.2, 0) is 0 Å². The van der Waals surface area contributed by atoms with E-state index in [0.29, 0.717) is 5.56 Å². The van der Waals surface area contributed by atoms with E-state index in [-0.39, 0.29) is 5.92 Å². The molecule has 1 aliphatic carbocycles. The number of unbranched alkanes of at least 4 members (excludes halogenated alkanes) is 1. The number of hydrogen-bond donors (Lipinski definition) is 0. The van der Waals surface area contributed by atoms with Gasteiger partial charge in [0.2, 0.25) is 0 Å². The second-order valence-electron chi connectivity index (χ2n) is 9.05. The van der Waals surface area contributed by atoms with Crippen LogP contribution in [0.2, 0.25) is 18.1 Å². The van der Waals surface area contributed by atoms with E-state index in [0.717, 1.165) is 37.5 Å². The maximum absolute atomic E-state index is 14.2. The first-order valence-corrected chi connectivity index (χ1v) is 13.8. The van der Waals surface area contributed by atoms with Gasteiger partial charge in [-0.1, -0.05) is 50.7 Å². The lowest BCUT2D eigenvalue weighted by Crippen LogP contribution is -2.28. The number of ether oxygens (including phenoxy) is 1. The van der Waals surface area contributed by atoms with E-state index in [1.807, 2.05) is 0 Å². The van der Waals surface area contributed by atoms with E-state index in [9.17, 15) is 17.6 Å². The molecule has 6 heteroatoms. The Bertz CT molecular complexity index is 615. The quantitative estimate of drug-likeness (QED) is 0.310. The summed E-state index contributed by atoms with van der Waals surface area (Å²) in [4.78, 5) is 0. The molecule has 0 spiro atoms. The van der Waals surface area contributed by atoms with Gasteiger partial charge in [0.1, 0.15) is 6.61 Å². The maximum Gasteiger partial charge on any atom is 0.272 e. The van der Waals surface area contributed by atoms with E-state index in [2.05, 4.69) is 11.7 Å². The van der Waals surface area contributed by atoms with Crippen molar-refractivity contribution in [1.82, 2.24) is 0 Å². The predicted molar refractivity (Wildman–Crippen MR) is 112 cm³/mol. The molecule has 0 aromatic heterocycles. The van der Waals surface area contributed by atoms with E-state index in [1.54, 1.807) is 0 Å². The summed E-state index contributed by atoms with van der Waals surface area (Å²) in [7, 11) is -0.469. The minimum absolute atomic E-state index is 0.148. The van der Waals surface area contributed by atoms with Crippen LogP contribution < -0.4 is 4.74 Å². The normalized spacial score (nSPS) is 27.9. The summed E-state index contributed by atoms with van der Waals surface area (Å²) in [5, 5.41) is 0. The van der Waals surface area contributed by atoms with Crippen molar-refractivity contribution < 1.29 is 22.3 Å². The lowest BCUT2D eigenvalue weighted by Gasteiger charge is -2.37. The smallest absolute Gasteiger partial charge is 0.272 e. The van der Waals surface area contributed by atoms with Gasteiger partial charge in [-0.15, -0.1) is 0 Å². The minimum atomic E-state index is -2.76. The third-order valence-electron chi connectivity index (χ3n) is 7.14. The van der Waals surface area contributed by atoms with E-state index >= 15 is 0 Å². The van der Waals surface area contributed by atoms with Gasteiger partial charge in [-0.2, -0.15) is 0 Å². The molecule has 29 heavy (non-hydrogen) atoms. The number of halogens is 4. The zero-order valence-corrected chi connectivity index (χ0v) is 18.6. The SMILES string of the molecule is CCCC[SiH]1CCC(C2CCC(c3cc(F)c(OCC(F)F)c(F)c3)CC2)CC1. The largest absolute Gasteiger partial charge is 0.482 e. The Morgan fingerprint density at radius 1 is 0.966 bits per heavy atom. The predicted octanol–water partition coefficient (Wildman–Crippen LogP) is 7.32. The maximum atomic E-state index is 14.2. The summed E-state index contributed by atoms with van der Waals surface area (Å²) in [6.45, 7) is 1.28. The topological polar surface area (TPSA) is 9.23 Å². The van der Waals surface area contributed by atoms with Crippen LogP contribution >= 0.6 is 0 Å². The Kier molecular flexibility index (Phi) is 8.45. The Morgan fingerprint density at radius 2 is 1.55 bits per heavy atom. The standard InChI is InChI=1S/C23H34F4OSi/c1-2-3-10-29-11-8-18(9-12-29)16-4-6-17(7-5-16)19-13-20(24)23(21(25)14-19)28-15-22(26)27/h13-14,16-18,22,29H,2-12,15H2,1H3. The van der Waals surface area contributed by atoms with Crippen LogP contribution in [0, 0.1) is 23.5 Å². The molecule has 1 aliphatic heterocycles. The second kappa shape index (κ2) is 10.8. The third kappa shape index (κ3) is 6.22. The van der Waals surface area contributed by atoms with Gasteiger partial charge >= 0.3 is 0 Å². The lowest BCUT2D eigenvalue weighted by molar-refractivity contribution is 0.0777. The molecule has 0 amide bonds.